The molecule has 4 heteroatoms. The van der Waals surface area contributed by atoms with Crippen molar-refractivity contribution in [3.8, 4) is 11.8 Å². The molecule has 15 heavy (non-hydrogen) atoms. The minimum absolute atomic E-state index is 0.164. The molecule has 0 atom stereocenters. The quantitative estimate of drug-likeness (QED) is 0.579. The molecule has 0 radical (unpaired) electrons. The first-order valence-corrected chi connectivity index (χ1v) is 5.07. The molecule has 0 spiro atoms. The number of rotatable bonds is 1. The Morgan fingerprint density at radius 2 is 2.33 bits per heavy atom. The maximum absolute atomic E-state index is 13.3. The van der Waals surface area contributed by atoms with Crippen molar-refractivity contribution in [2.45, 2.75) is 6.92 Å². The molecule has 1 rings (SSSR count). The number of ether oxygens (including phenoxy) is 1. The molecule has 0 bridgehead atoms. The lowest BCUT2D eigenvalue weighted by atomic mass is 10.2. The smallest absolute Gasteiger partial charge is 0.384 e. The molecule has 0 aromatic heterocycles. The first kappa shape index (κ1) is 11.7. The Kier molecular flexibility index (Phi) is 4.32. The summed E-state index contributed by atoms with van der Waals surface area (Å²) >= 11 is 3.02. The van der Waals surface area contributed by atoms with Gasteiger partial charge in [-0.3, -0.25) is 0 Å². The van der Waals surface area contributed by atoms with Crippen LogP contribution in [-0.4, -0.2) is 12.6 Å². The molecular weight excluding hydrogens is 263 g/mol. The van der Waals surface area contributed by atoms with Crippen LogP contribution in [0.2, 0.25) is 0 Å². The summed E-state index contributed by atoms with van der Waals surface area (Å²) in [5.74, 6) is 3.47. The second-order valence-corrected chi connectivity index (χ2v) is 3.43. The van der Waals surface area contributed by atoms with Crippen LogP contribution < -0.4 is 0 Å². The molecule has 0 N–H and O–H groups in total. The lowest BCUT2D eigenvalue weighted by Gasteiger charge is -1.96. The highest BCUT2D eigenvalue weighted by Crippen LogP contribution is 2.17. The van der Waals surface area contributed by atoms with Crippen LogP contribution in [0.4, 0.5) is 4.39 Å². The van der Waals surface area contributed by atoms with Gasteiger partial charge in [0, 0.05) is 5.92 Å². The Hall–Kier alpha value is -1.34. The molecule has 0 aliphatic carbocycles. The standard InChI is InChI=1S/C11H8BrFO2/c1-2-15-10(14)7-6-8-4-3-5-9(12)11(8)13/h3-5H,2H2,1H3. The Balaban J connectivity index is 2.89. The summed E-state index contributed by atoms with van der Waals surface area (Å²) < 4.78 is 18.2. The molecule has 0 amide bonds. The van der Waals surface area contributed by atoms with Gasteiger partial charge in [0.25, 0.3) is 0 Å². The molecule has 78 valence electrons. The van der Waals surface area contributed by atoms with Crippen LogP contribution in [0, 0.1) is 17.7 Å². The molecule has 0 saturated carbocycles. The van der Waals surface area contributed by atoms with Crippen molar-refractivity contribution >= 4 is 21.9 Å². The summed E-state index contributed by atoms with van der Waals surface area (Å²) in [6, 6.07) is 4.69. The molecule has 1 aromatic carbocycles. The molecule has 0 unspecified atom stereocenters. The molecule has 0 fully saturated rings. The van der Waals surface area contributed by atoms with Gasteiger partial charge in [-0.05, 0) is 35.0 Å². The van der Waals surface area contributed by atoms with Gasteiger partial charge in [0.15, 0.2) is 5.82 Å². The van der Waals surface area contributed by atoms with Crippen molar-refractivity contribution in [1.29, 1.82) is 0 Å². The second kappa shape index (κ2) is 5.52. The van der Waals surface area contributed by atoms with E-state index in [1.54, 1.807) is 19.1 Å². The van der Waals surface area contributed by atoms with E-state index in [1.807, 2.05) is 0 Å². The van der Waals surface area contributed by atoms with E-state index in [-0.39, 0.29) is 12.2 Å². The molecule has 0 aliphatic heterocycles. The Morgan fingerprint density at radius 1 is 1.60 bits per heavy atom. The highest BCUT2D eigenvalue weighted by Gasteiger charge is 2.03. The molecule has 2 nitrogen and oxygen atoms in total. The average Bonchev–Trinajstić information content (AvgIpc) is 2.21. The van der Waals surface area contributed by atoms with Gasteiger partial charge < -0.3 is 4.74 Å². The molecular formula is C11H8BrFO2. The summed E-state index contributed by atoms with van der Waals surface area (Å²) in [6.45, 7) is 1.94. The first-order valence-electron chi connectivity index (χ1n) is 4.28. The van der Waals surface area contributed by atoms with E-state index in [4.69, 9.17) is 0 Å². The van der Waals surface area contributed by atoms with Crippen LogP contribution in [0.15, 0.2) is 22.7 Å². The normalized spacial score (nSPS) is 9.00. The summed E-state index contributed by atoms with van der Waals surface area (Å²) in [4.78, 5) is 10.9. The maximum atomic E-state index is 13.3. The largest absolute Gasteiger partial charge is 0.456 e. The highest BCUT2D eigenvalue weighted by molar-refractivity contribution is 9.10. The van der Waals surface area contributed by atoms with Crippen molar-refractivity contribution in [3.05, 3.63) is 34.1 Å². The van der Waals surface area contributed by atoms with Gasteiger partial charge in [-0.25, -0.2) is 9.18 Å². The predicted octanol–water partition coefficient (Wildman–Crippen LogP) is 2.50. The molecule has 0 saturated heterocycles. The Bertz CT molecular complexity index is 432. The van der Waals surface area contributed by atoms with Crippen molar-refractivity contribution in [3.63, 3.8) is 0 Å². The number of hydrogen-bond donors (Lipinski definition) is 0. The van der Waals surface area contributed by atoms with Crippen molar-refractivity contribution < 1.29 is 13.9 Å². The SMILES string of the molecule is CCOC(=O)C#Cc1cccc(Br)c1F. The fourth-order valence-corrected chi connectivity index (χ4v) is 1.25. The monoisotopic (exact) mass is 270 g/mol. The number of carbonyl (C=O) groups excluding carboxylic acids is 1. The second-order valence-electron chi connectivity index (χ2n) is 2.57. The Morgan fingerprint density at radius 3 is 3.00 bits per heavy atom. The van der Waals surface area contributed by atoms with Gasteiger partial charge in [-0.1, -0.05) is 12.0 Å². The fraction of sp³-hybridized carbons (Fsp3) is 0.182. The van der Waals surface area contributed by atoms with Crippen molar-refractivity contribution in [2.75, 3.05) is 6.61 Å². The fourth-order valence-electron chi connectivity index (χ4n) is 0.886. The minimum Gasteiger partial charge on any atom is -0.456 e. The zero-order valence-electron chi connectivity index (χ0n) is 8.01. The molecule has 1 aromatic rings. The number of halogens is 2. The number of esters is 1. The third-order valence-corrected chi connectivity index (χ3v) is 2.14. The lowest BCUT2D eigenvalue weighted by Crippen LogP contribution is -1.99. The predicted molar refractivity (Wildman–Crippen MR) is 57.6 cm³/mol. The van der Waals surface area contributed by atoms with Crippen LogP contribution in [0.1, 0.15) is 12.5 Å². The Labute approximate surface area is 95.6 Å². The zero-order valence-corrected chi connectivity index (χ0v) is 9.60. The van der Waals surface area contributed by atoms with Gasteiger partial charge in [-0.15, -0.1) is 0 Å². The summed E-state index contributed by atoms with van der Waals surface area (Å²) in [5.41, 5.74) is 0.164. The van der Waals surface area contributed by atoms with Crippen LogP contribution in [0.5, 0.6) is 0 Å². The van der Waals surface area contributed by atoms with Gasteiger partial charge in [-0.2, -0.15) is 0 Å². The van der Waals surface area contributed by atoms with Crippen molar-refractivity contribution in [2.24, 2.45) is 0 Å². The minimum atomic E-state index is -0.656. The zero-order chi connectivity index (χ0) is 11.3. The van der Waals surface area contributed by atoms with E-state index in [0.29, 0.717) is 4.47 Å². The third kappa shape index (κ3) is 3.37. The van der Waals surface area contributed by atoms with E-state index in [0.717, 1.165) is 0 Å². The van der Waals surface area contributed by atoms with E-state index >= 15 is 0 Å². The van der Waals surface area contributed by atoms with Crippen molar-refractivity contribution in [1.82, 2.24) is 0 Å². The van der Waals surface area contributed by atoms with Crippen LogP contribution in [-0.2, 0) is 9.53 Å². The van der Waals surface area contributed by atoms with Gasteiger partial charge >= 0.3 is 5.97 Å². The number of benzene rings is 1. The highest BCUT2D eigenvalue weighted by atomic mass is 79.9. The van der Waals surface area contributed by atoms with Gasteiger partial charge in [0.2, 0.25) is 0 Å². The van der Waals surface area contributed by atoms with Gasteiger partial charge in [0.1, 0.15) is 0 Å². The topological polar surface area (TPSA) is 26.3 Å². The summed E-state index contributed by atoms with van der Waals surface area (Å²) in [6.07, 6.45) is 0. The van der Waals surface area contributed by atoms with Crippen LogP contribution in [0.3, 0.4) is 0 Å². The average molecular weight is 271 g/mol. The van der Waals surface area contributed by atoms with E-state index in [9.17, 15) is 9.18 Å². The number of carbonyl (C=O) groups is 1. The van der Waals surface area contributed by atoms with Crippen LogP contribution in [0.25, 0.3) is 0 Å². The maximum Gasteiger partial charge on any atom is 0.384 e. The summed E-state index contributed by atoms with van der Waals surface area (Å²) in [7, 11) is 0. The van der Waals surface area contributed by atoms with E-state index in [2.05, 4.69) is 32.5 Å². The lowest BCUT2D eigenvalue weighted by molar-refractivity contribution is -0.136. The first-order chi connectivity index (χ1) is 7.15. The van der Waals surface area contributed by atoms with Gasteiger partial charge in [0.05, 0.1) is 16.6 Å². The van der Waals surface area contributed by atoms with E-state index in [1.165, 1.54) is 6.07 Å². The molecule has 0 heterocycles. The molecule has 0 aliphatic rings. The van der Waals surface area contributed by atoms with E-state index < -0.39 is 11.8 Å². The summed E-state index contributed by atoms with van der Waals surface area (Å²) in [5, 5.41) is 0. The number of hydrogen-bond acceptors (Lipinski definition) is 2. The van der Waals surface area contributed by atoms with Crippen LogP contribution >= 0.6 is 15.9 Å². The third-order valence-electron chi connectivity index (χ3n) is 1.53.